The predicted octanol–water partition coefficient (Wildman–Crippen LogP) is 4.17. The molecule has 1 fully saturated rings. The lowest BCUT2D eigenvalue weighted by molar-refractivity contribution is -0.131. The Morgan fingerprint density at radius 1 is 1.25 bits per heavy atom. The number of halogens is 2. The van der Waals surface area contributed by atoms with Gasteiger partial charge in [0.15, 0.2) is 0 Å². The summed E-state index contributed by atoms with van der Waals surface area (Å²) in [4.78, 5) is 14.6. The number of H-pyrrole nitrogens is 1. The van der Waals surface area contributed by atoms with Gasteiger partial charge in [0.2, 0.25) is 5.91 Å². The zero-order valence-electron chi connectivity index (χ0n) is 15.8. The highest BCUT2D eigenvalue weighted by atomic mass is 35.5. The second-order valence-electron chi connectivity index (χ2n) is 7.34. The summed E-state index contributed by atoms with van der Waals surface area (Å²) >= 11 is 6.28. The minimum Gasteiger partial charge on any atom is -0.342 e. The monoisotopic (exact) mass is 420 g/mol. The lowest BCUT2D eigenvalue weighted by Gasteiger charge is -2.32. The number of aromatic amines is 1. The third kappa shape index (κ3) is 4.77. The van der Waals surface area contributed by atoms with Gasteiger partial charge in [0, 0.05) is 43.2 Å². The first kappa shape index (κ1) is 20.9. The van der Waals surface area contributed by atoms with Crippen molar-refractivity contribution in [2.45, 2.75) is 31.6 Å². The smallest absolute Gasteiger partial charge is 0.226 e. The molecular weight excluding hydrogens is 395 g/mol. The molecule has 0 spiro atoms. The lowest BCUT2D eigenvalue weighted by atomic mass is 9.92. The van der Waals surface area contributed by atoms with E-state index in [0.29, 0.717) is 17.4 Å². The van der Waals surface area contributed by atoms with E-state index in [9.17, 15) is 4.79 Å². The highest BCUT2D eigenvalue weighted by Gasteiger charge is 2.25. The summed E-state index contributed by atoms with van der Waals surface area (Å²) in [5.41, 5.74) is 4.24. The van der Waals surface area contributed by atoms with Crippen LogP contribution in [0.4, 0.5) is 0 Å². The fourth-order valence-electron chi connectivity index (χ4n) is 3.93. The quantitative estimate of drug-likeness (QED) is 0.729. The lowest BCUT2D eigenvalue weighted by Crippen LogP contribution is -2.38. The molecule has 2 aliphatic heterocycles. The number of rotatable bonds is 4. The number of aromatic nitrogens is 2. The molecule has 0 aliphatic carbocycles. The van der Waals surface area contributed by atoms with Gasteiger partial charge in [0.25, 0.3) is 0 Å². The first-order valence-corrected chi connectivity index (χ1v) is 10.0. The zero-order valence-corrected chi connectivity index (χ0v) is 17.4. The molecule has 0 bridgehead atoms. The maximum Gasteiger partial charge on any atom is 0.226 e. The van der Waals surface area contributed by atoms with Crippen LogP contribution < -0.4 is 5.32 Å². The van der Waals surface area contributed by atoms with Crippen molar-refractivity contribution in [1.29, 1.82) is 0 Å². The fourth-order valence-corrected chi connectivity index (χ4v) is 4.16. The van der Waals surface area contributed by atoms with Crippen LogP contribution in [0.3, 0.4) is 0 Å². The summed E-state index contributed by atoms with van der Waals surface area (Å²) in [6, 6.07) is 9.86. The Labute approximate surface area is 176 Å². The van der Waals surface area contributed by atoms with Crippen molar-refractivity contribution in [2.24, 2.45) is 0 Å². The van der Waals surface area contributed by atoms with Crippen molar-refractivity contribution in [3.63, 3.8) is 0 Å². The van der Waals surface area contributed by atoms with E-state index in [0.717, 1.165) is 62.4 Å². The second kappa shape index (κ2) is 9.59. The van der Waals surface area contributed by atoms with Crippen molar-refractivity contribution in [3.05, 3.63) is 52.7 Å². The Morgan fingerprint density at radius 2 is 2.04 bits per heavy atom. The number of hydrogen-bond acceptors (Lipinski definition) is 3. The average molecular weight is 421 g/mol. The van der Waals surface area contributed by atoms with Gasteiger partial charge in [-0.05, 0) is 37.9 Å². The molecule has 2 N–H and O–H groups in total. The Hall–Kier alpha value is -1.82. The van der Waals surface area contributed by atoms with Crippen LogP contribution in [0.15, 0.2) is 42.0 Å². The molecule has 5 nitrogen and oxygen atoms in total. The van der Waals surface area contributed by atoms with Gasteiger partial charge in [-0.15, -0.1) is 12.4 Å². The Morgan fingerprint density at radius 3 is 2.75 bits per heavy atom. The molecule has 4 rings (SSSR count). The number of likely N-dealkylation sites (tertiary alicyclic amines) is 1. The van der Waals surface area contributed by atoms with Crippen molar-refractivity contribution >= 4 is 29.9 Å². The number of piperidine rings is 1. The van der Waals surface area contributed by atoms with Gasteiger partial charge >= 0.3 is 0 Å². The van der Waals surface area contributed by atoms with Gasteiger partial charge in [-0.25, -0.2) is 0 Å². The minimum atomic E-state index is 0. The molecule has 2 aliphatic rings. The summed E-state index contributed by atoms with van der Waals surface area (Å²) in [7, 11) is 0. The van der Waals surface area contributed by atoms with E-state index in [1.165, 1.54) is 5.57 Å². The number of amides is 1. The Balaban J connectivity index is 0.00000225. The molecule has 0 radical (unpaired) electrons. The largest absolute Gasteiger partial charge is 0.342 e. The topological polar surface area (TPSA) is 61.0 Å². The van der Waals surface area contributed by atoms with Crippen LogP contribution in [0.2, 0.25) is 5.02 Å². The number of nitrogens with zero attached hydrogens (tertiary/aromatic N) is 2. The van der Waals surface area contributed by atoms with E-state index < -0.39 is 0 Å². The molecule has 3 heterocycles. The molecule has 0 unspecified atom stereocenters. The fraction of sp³-hybridized carbons (Fsp3) is 0.429. The first-order valence-electron chi connectivity index (χ1n) is 9.67. The van der Waals surface area contributed by atoms with Crippen LogP contribution >= 0.6 is 24.0 Å². The number of benzene rings is 1. The van der Waals surface area contributed by atoms with Crippen LogP contribution in [0.5, 0.6) is 0 Å². The molecule has 2 aromatic rings. The highest BCUT2D eigenvalue weighted by Crippen LogP contribution is 2.32. The summed E-state index contributed by atoms with van der Waals surface area (Å²) in [6.45, 7) is 3.50. The maximum absolute atomic E-state index is 12.6. The van der Waals surface area contributed by atoms with Crippen LogP contribution in [0, 0.1) is 0 Å². The molecule has 0 atom stereocenters. The van der Waals surface area contributed by atoms with Crippen LogP contribution in [-0.2, 0) is 4.79 Å². The normalized spacial score (nSPS) is 17.8. The standard InChI is InChI=1S/C21H25ClN4O.ClH/c22-18-4-2-1-3-17(18)20-14-19(24-25-20)16-7-11-26(12-8-16)21(27)13-15-5-9-23-10-6-15;/h1-5,14,16,23H,6-13H2,(H,24,25);1H. The van der Waals surface area contributed by atoms with E-state index in [1.54, 1.807) is 0 Å². The summed E-state index contributed by atoms with van der Waals surface area (Å²) < 4.78 is 0. The Bertz CT molecular complexity index is 840. The average Bonchev–Trinajstić information content (AvgIpc) is 3.19. The van der Waals surface area contributed by atoms with Crippen LogP contribution in [0.1, 0.15) is 37.3 Å². The van der Waals surface area contributed by atoms with Gasteiger partial charge in [0.1, 0.15) is 0 Å². The van der Waals surface area contributed by atoms with Gasteiger partial charge in [-0.1, -0.05) is 41.4 Å². The SMILES string of the molecule is Cl.O=C(CC1=CCNCC1)N1CCC(c2cc(-c3ccccc3Cl)n[nH]2)CC1. The maximum atomic E-state index is 12.6. The number of carbonyl (C=O) groups is 1. The number of carbonyl (C=O) groups excluding carboxylic acids is 1. The van der Waals surface area contributed by atoms with Crippen LogP contribution in [0.25, 0.3) is 11.3 Å². The molecular formula is C21H26Cl2N4O. The highest BCUT2D eigenvalue weighted by molar-refractivity contribution is 6.33. The minimum absolute atomic E-state index is 0. The molecule has 7 heteroatoms. The van der Waals surface area contributed by atoms with Crippen molar-refractivity contribution < 1.29 is 4.79 Å². The van der Waals surface area contributed by atoms with Gasteiger partial charge in [-0.2, -0.15) is 5.10 Å². The van der Waals surface area contributed by atoms with E-state index in [1.807, 2.05) is 29.2 Å². The zero-order chi connectivity index (χ0) is 18.6. The second-order valence-corrected chi connectivity index (χ2v) is 7.74. The number of hydrogen-bond donors (Lipinski definition) is 2. The van der Waals surface area contributed by atoms with Gasteiger partial charge < -0.3 is 10.2 Å². The Kier molecular flexibility index (Phi) is 7.16. The number of nitrogens with one attached hydrogen (secondary N) is 2. The van der Waals surface area contributed by atoms with E-state index in [-0.39, 0.29) is 18.3 Å². The van der Waals surface area contributed by atoms with E-state index in [4.69, 9.17) is 11.6 Å². The molecule has 1 amide bonds. The molecule has 0 saturated carbocycles. The predicted molar refractivity (Wildman–Crippen MR) is 115 cm³/mol. The van der Waals surface area contributed by atoms with Crippen molar-refractivity contribution in [1.82, 2.24) is 20.4 Å². The third-order valence-electron chi connectivity index (χ3n) is 5.57. The van der Waals surface area contributed by atoms with Crippen molar-refractivity contribution in [2.75, 3.05) is 26.2 Å². The third-order valence-corrected chi connectivity index (χ3v) is 5.90. The summed E-state index contributed by atoms with van der Waals surface area (Å²) in [5.74, 6) is 0.679. The molecule has 1 aromatic carbocycles. The van der Waals surface area contributed by atoms with E-state index >= 15 is 0 Å². The molecule has 1 aromatic heterocycles. The van der Waals surface area contributed by atoms with E-state index in [2.05, 4.69) is 27.7 Å². The van der Waals surface area contributed by atoms with Gasteiger partial charge in [0.05, 0.1) is 10.7 Å². The first-order chi connectivity index (χ1) is 13.2. The molecule has 150 valence electrons. The molecule has 28 heavy (non-hydrogen) atoms. The van der Waals surface area contributed by atoms with Crippen LogP contribution in [-0.4, -0.2) is 47.2 Å². The van der Waals surface area contributed by atoms with Gasteiger partial charge in [-0.3, -0.25) is 9.89 Å². The van der Waals surface area contributed by atoms with Crippen molar-refractivity contribution in [3.8, 4) is 11.3 Å². The summed E-state index contributed by atoms with van der Waals surface area (Å²) in [6.07, 6.45) is 5.66. The summed E-state index contributed by atoms with van der Waals surface area (Å²) in [5, 5.41) is 11.6. The molecule has 1 saturated heterocycles.